The maximum atomic E-state index is 14.4. The Labute approximate surface area is 256 Å². The van der Waals surface area contributed by atoms with Gasteiger partial charge < -0.3 is 29.7 Å². The SMILES string of the molecule is COC1C(C(=O)N(c2cc(Cl)cc(C#N)c2)[C@@H]2CCC[C@H]2O)OC(CO)C(O)C1n1cc(-c2ccc(Cl)c(Cl)c2)nn1. The summed E-state index contributed by atoms with van der Waals surface area (Å²) in [5, 5.41) is 51.1. The molecule has 14 heteroatoms. The van der Waals surface area contributed by atoms with Gasteiger partial charge in [-0.15, -0.1) is 5.10 Å². The maximum absolute atomic E-state index is 14.4. The highest BCUT2D eigenvalue weighted by molar-refractivity contribution is 6.42. The van der Waals surface area contributed by atoms with Crippen LogP contribution < -0.4 is 4.90 Å². The van der Waals surface area contributed by atoms with E-state index in [1.165, 1.54) is 34.9 Å². The van der Waals surface area contributed by atoms with Crippen LogP contribution in [0.5, 0.6) is 0 Å². The molecule has 2 fully saturated rings. The number of carbonyl (C=O) groups is 1. The number of aliphatic hydroxyl groups excluding tert-OH is 3. The topological polar surface area (TPSA) is 154 Å². The first-order chi connectivity index (χ1) is 20.2. The molecule has 1 saturated carbocycles. The van der Waals surface area contributed by atoms with Gasteiger partial charge in [0.1, 0.15) is 30.0 Å². The van der Waals surface area contributed by atoms with Crippen LogP contribution in [0.3, 0.4) is 0 Å². The lowest BCUT2D eigenvalue weighted by atomic mass is 9.91. The highest BCUT2D eigenvalue weighted by atomic mass is 35.5. The van der Waals surface area contributed by atoms with E-state index in [0.717, 1.165) is 0 Å². The predicted octanol–water partition coefficient (Wildman–Crippen LogP) is 3.40. The molecule has 5 rings (SSSR count). The smallest absolute Gasteiger partial charge is 0.259 e. The third kappa shape index (κ3) is 5.86. The third-order valence-corrected chi connectivity index (χ3v) is 8.67. The lowest BCUT2D eigenvalue weighted by Crippen LogP contribution is -2.62. The average Bonchev–Trinajstić information content (AvgIpc) is 3.63. The highest BCUT2D eigenvalue weighted by Gasteiger charge is 2.52. The van der Waals surface area contributed by atoms with Crippen LogP contribution in [-0.2, 0) is 14.3 Å². The number of ether oxygens (including phenoxy) is 2. The molecule has 1 saturated heterocycles. The van der Waals surface area contributed by atoms with E-state index in [2.05, 4.69) is 10.3 Å². The standard InChI is InChI=1S/C28H28Cl3N5O6/c1-41-26-24(35-12-20(33-34-35)15-5-6-18(30)19(31)9-15)25(39)23(13-37)42-27(26)28(40)36(21-3-2-4-22(21)38)17-8-14(11-32)7-16(29)10-17/h5-10,12,21-27,37-39H,2-4,13H2,1H3/t21-,22-,23?,24?,25?,26?,27?/m1/s1. The molecule has 3 aromatic rings. The number of aliphatic hydroxyl groups is 3. The van der Waals surface area contributed by atoms with Crippen LogP contribution in [0.1, 0.15) is 30.9 Å². The monoisotopic (exact) mass is 635 g/mol. The van der Waals surface area contributed by atoms with E-state index in [1.807, 2.05) is 6.07 Å². The molecular formula is C28H28Cl3N5O6. The Hall–Kier alpha value is -2.79. The van der Waals surface area contributed by atoms with Crippen LogP contribution in [0.4, 0.5) is 5.69 Å². The summed E-state index contributed by atoms with van der Waals surface area (Å²) in [5.41, 5.74) is 1.58. The Morgan fingerprint density at radius 1 is 1.19 bits per heavy atom. The largest absolute Gasteiger partial charge is 0.394 e. The molecule has 2 aliphatic rings. The quantitative estimate of drug-likeness (QED) is 0.354. The average molecular weight is 637 g/mol. The summed E-state index contributed by atoms with van der Waals surface area (Å²) < 4.78 is 13.1. The summed E-state index contributed by atoms with van der Waals surface area (Å²) in [6.45, 7) is -0.603. The Bertz CT molecular complexity index is 1500. The number of rotatable bonds is 7. The molecule has 0 spiro atoms. The zero-order valence-corrected chi connectivity index (χ0v) is 24.6. The van der Waals surface area contributed by atoms with Gasteiger partial charge in [0.2, 0.25) is 0 Å². The van der Waals surface area contributed by atoms with Gasteiger partial charge in [0.05, 0.1) is 46.6 Å². The minimum absolute atomic E-state index is 0.231. The van der Waals surface area contributed by atoms with E-state index in [1.54, 1.807) is 24.4 Å². The van der Waals surface area contributed by atoms with Crippen molar-refractivity contribution in [1.82, 2.24) is 15.0 Å². The van der Waals surface area contributed by atoms with Crippen molar-refractivity contribution in [3.05, 3.63) is 63.2 Å². The summed E-state index contributed by atoms with van der Waals surface area (Å²) in [5.74, 6) is -0.598. The minimum atomic E-state index is -1.35. The van der Waals surface area contributed by atoms with Gasteiger partial charge in [0.25, 0.3) is 5.91 Å². The van der Waals surface area contributed by atoms with Crippen LogP contribution in [0.15, 0.2) is 42.6 Å². The second-order valence-corrected chi connectivity index (χ2v) is 11.5. The molecule has 2 aromatic carbocycles. The number of halogens is 3. The zero-order chi connectivity index (χ0) is 30.1. The molecule has 0 bridgehead atoms. The highest BCUT2D eigenvalue weighted by Crippen LogP contribution is 2.37. The first kappa shape index (κ1) is 30.7. The van der Waals surface area contributed by atoms with Gasteiger partial charge in [-0.3, -0.25) is 4.79 Å². The molecule has 7 atom stereocenters. The number of aromatic nitrogens is 3. The van der Waals surface area contributed by atoms with Crippen molar-refractivity contribution in [3.8, 4) is 17.3 Å². The Morgan fingerprint density at radius 2 is 1.98 bits per heavy atom. The van der Waals surface area contributed by atoms with Crippen LogP contribution in [0.25, 0.3) is 11.3 Å². The number of amides is 1. The fourth-order valence-corrected chi connectivity index (χ4v) is 6.22. The molecule has 5 unspecified atom stereocenters. The second-order valence-electron chi connectivity index (χ2n) is 10.3. The summed E-state index contributed by atoms with van der Waals surface area (Å²) in [4.78, 5) is 15.8. The molecule has 0 radical (unpaired) electrons. The van der Waals surface area contributed by atoms with E-state index >= 15 is 0 Å². The van der Waals surface area contributed by atoms with Crippen molar-refractivity contribution in [2.75, 3.05) is 18.6 Å². The molecule has 1 aliphatic heterocycles. The van der Waals surface area contributed by atoms with E-state index < -0.39 is 55.1 Å². The van der Waals surface area contributed by atoms with Gasteiger partial charge in [0, 0.05) is 23.4 Å². The number of carbonyl (C=O) groups excluding carboxylic acids is 1. The van der Waals surface area contributed by atoms with Crippen LogP contribution >= 0.6 is 34.8 Å². The molecule has 1 aromatic heterocycles. The molecular weight excluding hydrogens is 609 g/mol. The number of nitriles is 1. The normalized spacial score (nSPS) is 27.5. The molecule has 222 valence electrons. The number of hydrogen-bond donors (Lipinski definition) is 3. The molecule has 3 N–H and O–H groups in total. The Balaban J connectivity index is 1.55. The van der Waals surface area contributed by atoms with Crippen LogP contribution in [0.2, 0.25) is 15.1 Å². The minimum Gasteiger partial charge on any atom is -0.394 e. The van der Waals surface area contributed by atoms with Crippen LogP contribution in [-0.4, -0.2) is 86.5 Å². The summed E-state index contributed by atoms with van der Waals surface area (Å²) in [7, 11) is 1.37. The molecule has 1 aliphatic carbocycles. The Kier molecular flexibility index (Phi) is 9.37. The number of nitrogens with zero attached hydrogens (tertiary/aromatic N) is 5. The van der Waals surface area contributed by atoms with E-state index in [0.29, 0.717) is 46.3 Å². The van der Waals surface area contributed by atoms with Crippen LogP contribution in [0, 0.1) is 11.3 Å². The van der Waals surface area contributed by atoms with Gasteiger partial charge >= 0.3 is 0 Å². The number of hydrogen-bond acceptors (Lipinski definition) is 9. The number of methoxy groups -OCH3 is 1. The van der Waals surface area contributed by atoms with Gasteiger partial charge in [-0.1, -0.05) is 46.1 Å². The van der Waals surface area contributed by atoms with E-state index in [9.17, 15) is 25.4 Å². The first-order valence-corrected chi connectivity index (χ1v) is 14.4. The summed E-state index contributed by atoms with van der Waals surface area (Å²) in [6.07, 6.45) is -2.58. The fraction of sp³-hybridized carbons (Fsp3) is 0.429. The number of anilines is 1. The fourth-order valence-electron chi connectivity index (χ4n) is 5.69. The molecule has 11 nitrogen and oxygen atoms in total. The Morgan fingerprint density at radius 3 is 2.62 bits per heavy atom. The van der Waals surface area contributed by atoms with Crippen molar-refractivity contribution >= 4 is 46.4 Å². The molecule has 1 amide bonds. The van der Waals surface area contributed by atoms with Gasteiger partial charge in [-0.2, -0.15) is 5.26 Å². The zero-order valence-electron chi connectivity index (χ0n) is 22.3. The lowest BCUT2D eigenvalue weighted by molar-refractivity contribution is -0.211. The van der Waals surface area contributed by atoms with Crippen molar-refractivity contribution in [1.29, 1.82) is 5.26 Å². The summed E-state index contributed by atoms with van der Waals surface area (Å²) >= 11 is 18.5. The lowest BCUT2D eigenvalue weighted by Gasteiger charge is -2.45. The summed E-state index contributed by atoms with van der Waals surface area (Å²) in [6, 6.07) is 9.87. The van der Waals surface area contributed by atoms with Gasteiger partial charge in [-0.05, 0) is 49.6 Å². The second kappa shape index (κ2) is 12.8. The van der Waals surface area contributed by atoms with Crippen molar-refractivity contribution in [2.24, 2.45) is 0 Å². The van der Waals surface area contributed by atoms with Gasteiger partial charge in [-0.25, -0.2) is 4.68 Å². The predicted molar refractivity (Wildman–Crippen MR) is 154 cm³/mol. The van der Waals surface area contributed by atoms with Crippen molar-refractivity contribution < 1.29 is 29.6 Å². The molecule has 42 heavy (non-hydrogen) atoms. The van der Waals surface area contributed by atoms with E-state index in [-0.39, 0.29) is 10.6 Å². The maximum Gasteiger partial charge on any atom is 0.259 e. The first-order valence-electron chi connectivity index (χ1n) is 13.2. The third-order valence-electron chi connectivity index (χ3n) is 7.72. The van der Waals surface area contributed by atoms with Gasteiger partial charge in [0.15, 0.2) is 6.10 Å². The van der Waals surface area contributed by atoms with Crippen molar-refractivity contribution in [3.63, 3.8) is 0 Å². The van der Waals surface area contributed by atoms with E-state index in [4.69, 9.17) is 44.3 Å². The van der Waals surface area contributed by atoms with Crippen molar-refractivity contribution in [2.45, 2.75) is 61.9 Å². The molecule has 2 heterocycles. The number of benzene rings is 2.